The lowest BCUT2D eigenvalue weighted by molar-refractivity contribution is -0.119. The van der Waals surface area contributed by atoms with E-state index >= 15 is 0 Å². The Balaban J connectivity index is 1.82. The third kappa shape index (κ3) is 4.94. The third-order valence-corrected chi connectivity index (χ3v) is 3.64. The highest BCUT2D eigenvalue weighted by Gasteiger charge is 2.20. The Kier molecular flexibility index (Phi) is 6.10. The Bertz CT molecular complexity index is 457. The van der Waals surface area contributed by atoms with E-state index in [1.807, 2.05) is 18.2 Å². The van der Waals surface area contributed by atoms with Gasteiger partial charge in [0.2, 0.25) is 5.91 Å². The minimum Gasteiger partial charge on any atom is -0.374 e. The van der Waals surface area contributed by atoms with Crippen LogP contribution in [0.15, 0.2) is 24.3 Å². The lowest BCUT2D eigenvalue weighted by Crippen LogP contribution is -2.47. The zero-order valence-electron chi connectivity index (χ0n) is 11.1. The van der Waals surface area contributed by atoms with Gasteiger partial charge >= 0.3 is 0 Å². The Morgan fingerprint density at radius 1 is 1.50 bits per heavy atom. The van der Waals surface area contributed by atoms with Gasteiger partial charge in [-0.15, -0.1) is 11.6 Å². The fourth-order valence-electron chi connectivity index (χ4n) is 2.22. The Labute approximate surface area is 129 Å². The number of rotatable bonds is 5. The van der Waals surface area contributed by atoms with E-state index in [-0.39, 0.29) is 17.9 Å². The van der Waals surface area contributed by atoms with Crippen LogP contribution in [0.3, 0.4) is 0 Å². The molecule has 0 bridgehead atoms. The van der Waals surface area contributed by atoms with Gasteiger partial charge in [-0.3, -0.25) is 9.69 Å². The van der Waals surface area contributed by atoms with Gasteiger partial charge in [0, 0.05) is 31.2 Å². The van der Waals surface area contributed by atoms with Crippen LogP contribution in [0, 0.1) is 0 Å². The van der Waals surface area contributed by atoms with E-state index in [0.29, 0.717) is 13.2 Å². The van der Waals surface area contributed by atoms with E-state index in [1.54, 1.807) is 0 Å². The minimum absolute atomic E-state index is 0.00935. The van der Waals surface area contributed by atoms with E-state index in [1.165, 1.54) is 5.56 Å². The van der Waals surface area contributed by atoms with Crippen LogP contribution in [0.1, 0.15) is 5.56 Å². The SMILES string of the molecule is O=C(CCl)NCC1CN(Cc2cccc(Cl)c2)CCO1. The summed E-state index contributed by atoms with van der Waals surface area (Å²) in [7, 11) is 0. The van der Waals surface area contributed by atoms with E-state index in [4.69, 9.17) is 27.9 Å². The highest BCUT2D eigenvalue weighted by Crippen LogP contribution is 2.14. The summed E-state index contributed by atoms with van der Waals surface area (Å²) in [5.41, 5.74) is 1.18. The summed E-state index contributed by atoms with van der Waals surface area (Å²) in [5.74, 6) is -0.180. The van der Waals surface area contributed by atoms with E-state index in [2.05, 4.69) is 16.3 Å². The lowest BCUT2D eigenvalue weighted by Gasteiger charge is -2.33. The molecule has 1 aromatic rings. The zero-order chi connectivity index (χ0) is 14.4. The predicted molar refractivity (Wildman–Crippen MR) is 80.2 cm³/mol. The molecule has 1 unspecified atom stereocenters. The molecule has 1 aliphatic rings. The quantitative estimate of drug-likeness (QED) is 0.844. The number of hydrogen-bond donors (Lipinski definition) is 1. The molecule has 6 heteroatoms. The fraction of sp³-hybridized carbons (Fsp3) is 0.500. The number of carbonyl (C=O) groups excluding carboxylic acids is 1. The molecule has 0 aliphatic carbocycles. The molecule has 0 saturated carbocycles. The fourth-order valence-corrected chi connectivity index (χ4v) is 2.52. The van der Waals surface area contributed by atoms with E-state index < -0.39 is 0 Å². The molecule has 0 spiro atoms. The van der Waals surface area contributed by atoms with Crippen molar-refractivity contribution in [3.63, 3.8) is 0 Å². The number of alkyl halides is 1. The smallest absolute Gasteiger partial charge is 0.235 e. The lowest BCUT2D eigenvalue weighted by atomic mass is 10.2. The van der Waals surface area contributed by atoms with Crippen LogP contribution in [0.4, 0.5) is 0 Å². The van der Waals surface area contributed by atoms with Crippen LogP contribution in [-0.4, -0.2) is 49.0 Å². The number of halogens is 2. The second-order valence-electron chi connectivity index (χ2n) is 4.80. The van der Waals surface area contributed by atoms with Gasteiger partial charge in [-0.25, -0.2) is 0 Å². The number of benzene rings is 1. The van der Waals surface area contributed by atoms with Gasteiger partial charge < -0.3 is 10.1 Å². The van der Waals surface area contributed by atoms with Gasteiger partial charge in [0.05, 0.1) is 12.7 Å². The zero-order valence-corrected chi connectivity index (χ0v) is 12.7. The average Bonchev–Trinajstić information content (AvgIpc) is 2.45. The molecular formula is C14H18Cl2N2O2. The maximum absolute atomic E-state index is 11.1. The molecule has 1 aliphatic heterocycles. The Hall–Kier alpha value is -0.810. The van der Waals surface area contributed by atoms with Crippen LogP contribution >= 0.6 is 23.2 Å². The monoisotopic (exact) mass is 316 g/mol. The van der Waals surface area contributed by atoms with Crippen molar-refractivity contribution >= 4 is 29.1 Å². The van der Waals surface area contributed by atoms with E-state index in [9.17, 15) is 4.79 Å². The molecule has 1 aromatic carbocycles. The van der Waals surface area contributed by atoms with Crippen LogP contribution < -0.4 is 5.32 Å². The van der Waals surface area contributed by atoms with Gasteiger partial charge in [0.15, 0.2) is 0 Å². The largest absolute Gasteiger partial charge is 0.374 e. The number of nitrogens with zero attached hydrogens (tertiary/aromatic N) is 1. The van der Waals surface area contributed by atoms with Crippen molar-refractivity contribution in [1.82, 2.24) is 10.2 Å². The van der Waals surface area contributed by atoms with Gasteiger partial charge in [0.25, 0.3) is 0 Å². The Morgan fingerprint density at radius 2 is 2.35 bits per heavy atom. The first-order chi connectivity index (χ1) is 9.67. The molecule has 20 heavy (non-hydrogen) atoms. The van der Waals surface area contributed by atoms with Crippen molar-refractivity contribution in [2.75, 3.05) is 32.1 Å². The number of morpholine rings is 1. The molecule has 1 amide bonds. The van der Waals surface area contributed by atoms with Gasteiger partial charge in [-0.05, 0) is 17.7 Å². The Morgan fingerprint density at radius 3 is 3.10 bits per heavy atom. The topological polar surface area (TPSA) is 41.6 Å². The van der Waals surface area contributed by atoms with Gasteiger partial charge in [-0.2, -0.15) is 0 Å². The third-order valence-electron chi connectivity index (χ3n) is 3.17. The molecule has 2 rings (SSSR count). The number of carbonyl (C=O) groups is 1. The molecule has 1 saturated heterocycles. The molecule has 0 radical (unpaired) electrons. The number of amides is 1. The molecule has 1 atom stereocenters. The highest BCUT2D eigenvalue weighted by molar-refractivity contribution is 6.30. The second-order valence-corrected chi connectivity index (χ2v) is 5.50. The maximum Gasteiger partial charge on any atom is 0.235 e. The first-order valence-corrected chi connectivity index (χ1v) is 7.49. The van der Waals surface area contributed by atoms with Gasteiger partial charge in [-0.1, -0.05) is 23.7 Å². The summed E-state index contributed by atoms with van der Waals surface area (Å²) >= 11 is 11.4. The predicted octanol–water partition coefficient (Wildman–Crippen LogP) is 1.90. The van der Waals surface area contributed by atoms with Crippen LogP contribution in [0.5, 0.6) is 0 Å². The highest BCUT2D eigenvalue weighted by atomic mass is 35.5. The number of ether oxygens (including phenoxy) is 1. The van der Waals surface area contributed by atoms with E-state index in [0.717, 1.165) is 24.7 Å². The first kappa shape index (κ1) is 15.6. The van der Waals surface area contributed by atoms with Crippen LogP contribution in [0.2, 0.25) is 5.02 Å². The van der Waals surface area contributed by atoms with Gasteiger partial charge in [0.1, 0.15) is 5.88 Å². The molecule has 1 N–H and O–H groups in total. The summed E-state index contributed by atoms with van der Waals surface area (Å²) < 4.78 is 5.64. The van der Waals surface area contributed by atoms with Crippen molar-refractivity contribution in [2.45, 2.75) is 12.6 Å². The van der Waals surface area contributed by atoms with Crippen LogP contribution in [-0.2, 0) is 16.1 Å². The molecule has 0 aromatic heterocycles. The van der Waals surface area contributed by atoms with Crippen molar-refractivity contribution in [2.24, 2.45) is 0 Å². The first-order valence-electron chi connectivity index (χ1n) is 6.58. The standard InChI is InChI=1S/C14H18Cl2N2O2/c15-7-14(19)17-8-13-10-18(4-5-20-13)9-11-2-1-3-12(16)6-11/h1-3,6,13H,4-5,7-10H2,(H,17,19). The van der Waals surface area contributed by atoms with Crippen molar-refractivity contribution in [1.29, 1.82) is 0 Å². The van der Waals surface area contributed by atoms with Crippen molar-refractivity contribution < 1.29 is 9.53 Å². The normalized spacial score (nSPS) is 19.8. The van der Waals surface area contributed by atoms with Crippen molar-refractivity contribution in [3.8, 4) is 0 Å². The molecule has 1 heterocycles. The number of hydrogen-bond acceptors (Lipinski definition) is 3. The summed E-state index contributed by atoms with van der Waals surface area (Å²) in [5, 5.41) is 3.50. The average molecular weight is 317 g/mol. The molecule has 110 valence electrons. The molecule has 1 fully saturated rings. The summed E-state index contributed by atoms with van der Waals surface area (Å²) in [4.78, 5) is 13.4. The second kappa shape index (κ2) is 7.84. The van der Waals surface area contributed by atoms with Crippen LogP contribution in [0.25, 0.3) is 0 Å². The summed E-state index contributed by atoms with van der Waals surface area (Å²) in [6.45, 7) is 3.67. The maximum atomic E-state index is 11.1. The van der Waals surface area contributed by atoms with Crippen molar-refractivity contribution in [3.05, 3.63) is 34.9 Å². The summed E-state index contributed by atoms with van der Waals surface area (Å²) in [6.07, 6.45) is 0.00935. The molecule has 4 nitrogen and oxygen atoms in total. The summed E-state index contributed by atoms with van der Waals surface area (Å²) in [6, 6.07) is 7.86. The minimum atomic E-state index is -0.165. The molecular weight excluding hydrogens is 299 g/mol. The number of nitrogens with one attached hydrogen (secondary N) is 1.